The van der Waals surface area contributed by atoms with E-state index in [9.17, 15) is 0 Å². The molecule has 0 aliphatic carbocycles. The van der Waals surface area contributed by atoms with Crippen LogP contribution in [-0.2, 0) is 0 Å². The van der Waals surface area contributed by atoms with Crippen molar-refractivity contribution in [3.05, 3.63) is 145 Å². The minimum absolute atomic E-state index is 0.822. The molecule has 0 unspecified atom stereocenters. The van der Waals surface area contributed by atoms with Gasteiger partial charge in [0.15, 0.2) is 0 Å². The van der Waals surface area contributed by atoms with Crippen molar-refractivity contribution in [1.82, 2.24) is 9.55 Å². The van der Waals surface area contributed by atoms with Crippen LogP contribution in [0.3, 0.4) is 0 Å². The second-order valence-corrected chi connectivity index (χ2v) is 10.2. The Kier molecular flexibility index (Phi) is 5.68. The van der Waals surface area contributed by atoms with E-state index in [1.165, 1.54) is 49.0 Å². The first-order valence-electron chi connectivity index (χ1n) is 13.6. The SMILES string of the molecule is C=Cc1nc(-c2ccc3cc(-c4c5ccccc5c(C)c5ccccc45)ccc3c2)n(-c2ccccc2)c1C=C. The maximum atomic E-state index is 4.97. The molecule has 2 heteroatoms. The smallest absolute Gasteiger partial charge is 0.145 e. The quantitative estimate of drug-likeness (QED) is 0.210. The van der Waals surface area contributed by atoms with Crippen molar-refractivity contribution in [1.29, 1.82) is 0 Å². The Labute approximate surface area is 234 Å². The molecule has 0 saturated heterocycles. The highest BCUT2D eigenvalue weighted by atomic mass is 15.1. The highest BCUT2D eigenvalue weighted by molar-refractivity contribution is 6.15. The molecule has 0 amide bonds. The molecule has 6 aromatic carbocycles. The molecule has 190 valence electrons. The van der Waals surface area contributed by atoms with E-state index in [1.54, 1.807) is 6.08 Å². The zero-order chi connectivity index (χ0) is 27.2. The van der Waals surface area contributed by atoms with Crippen LogP contribution in [0.5, 0.6) is 0 Å². The van der Waals surface area contributed by atoms with E-state index in [-0.39, 0.29) is 0 Å². The van der Waals surface area contributed by atoms with E-state index in [0.29, 0.717) is 0 Å². The lowest BCUT2D eigenvalue weighted by Crippen LogP contribution is -1.99. The van der Waals surface area contributed by atoms with Crippen LogP contribution >= 0.6 is 0 Å². The lowest BCUT2D eigenvalue weighted by atomic mass is 9.88. The number of aryl methyl sites for hydroxylation is 1. The lowest BCUT2D eigenvalue weighted by Gasteiger charge is -2.16. The number of fused-ring (bicyclic) bond motifs is 3. The Balaban J connectivity index is 1.42. The number of aromatic nitrogens is 2. The Morgan fingerprint density at radius 1 is 0.600 bits per heavy atom. The predicted molar refractivity (Wildman–Crippen MR) is 172 cm³/mol. The Bertz CT molecular complexity index is 2040. The van der Waals surface area contributed by atoms with Crippen molar-refractivity contribution in [2.24, 2.45) is 0 Å². The van der Waals surface area contributed by atoms with E-state index in [4.69, 9.17) is 4.98 Å². The van der Waals surface area contributed by atoms with E-state index >= 15 is 0 Å². The zero-order valence-corrected chi connectivity index (χ0v) is 22.4. The molecule has 1 aromatic heterocycles. The average Bonchev–Trinajstić information content (AvgIpc) is 3.40. The van der Waals surface area contributed by atoms with Gasteiger partial charge in [-0.05, 0) is 92.3 Å². The standard InChI is InChI=1S/C38H28N2/c1-4-35-36(5-2)40(30-13-7-6-8-14-30)38(39-35)29-22-20-26-23-28(21-19-27(26)24-29)37-33-17-11-9-15-31(33)25(3)32-16-10-12-18-34(32)37/h4-24H,1-2H2,3H3. The molecule has 7 aromatic rings. The van der Waals surface area contributed by atoms with Gasteiger partial charge in [0.1, 0.15) is 5.82 Å². The van der Waals surface area contributed by atoms with Crippen molar-refractivity contribution in [3.8, 4) is 28.2 Å². The number of para-hydroxylation sites is 1. The summed E-state index contributed by atoms with van der Waals surface area (Å²) >= 11 is 0. The largest absolute Gasteiger partial charge is 0.292 e. The van der Waals surface area contributed by atoms with Gasteiger partial charge in [-0.2, -0.15) is 0 Å². The molecule has 1 heterocycles. The fourth-order valence-electron chi connectivity index (χ4n) is 6.03. The van der Waals surface area contributed by atoms with E-state index in [2.05, 4.69) is 122 Å². The molecule has 0 fully saturated rings. The minimum Gasteiger partial charge on any atom is -0.292 e. The van der Waals surface area contributed by atoms with E-state index in [0.717, 1.165) is 28.5 Å². The molecule has 40 heavy (non-hydrogen) atoms. The van der Waals surface area contributed by atoms with E-state index < -0.39 is 0 Å². The Morgan fingerprint density at radius 3 is 1.75 bits per heavy atom. The molecule has 2 nitrogen and oxygen atoms in total. The Hall–Kier alpha value is -5.21. The van der Waals surface area contributed by atoms with Gasteiger partial charge in [-0.1, -0.05) is 104 Å². The van der Waals surface area contributed by atoms with Gasteiger partial charge in [-0.15, -0.1) is 0 Å². The molecule has 0 bridgehead atoms. The highest BCUT2D eigenvalue weighted by Crippen LogP contribution is 2.40. The van der Waals surface area contributed by atoms with Gasteiger partial charge in [0.2, 0.25) is 0 Å². The summed E-state index contributed by atoms with van der Waals surface area (Å²) in [5.74, 6) is 0.873. The second-order valence-electron chi connectivity index (χ2n) is 10.2. The van der Waals surface area contributed by atoms with Gasteiger partial charge in [-0.3, -0.25) is 4.57 Å². The molecular weight excluding hydrogens is 484 g/mol. The number of nitrogens with zero attached hydrogens (tertiary/aromatic N) is 2. The van der Waals surface area contributed by atoms with Gasteiger partial charge in [0.25, 0.3) is 0 Å². The molecule has 0 spiro atoms. The van der Waals surface area contributed by atoms with Crippen LogP contribution in [0.2, 0.25) is 0 Å². The van der Waals surface area contributed by atoms with Crippen LogP contribution in [0, 0.1) is 6.92 Å². The molecule has 0 saturated carbocycles. The molecule has 0 N–H and O–H groups in total. The first-order chi connectivity index (χ1) is 19.7. The third-order valence-corrected chi connectivity index (χ3v) is 7.93. The molecule has 0 radical (unpaired) electrons. The van der Waals surface area contributed by atoms with Crippen LogP contribution in [0.1, 0.15) is 17.0 Å². The zero-order valence-electron chi connectivity index (χ0n) is 22.4. The average molecular weight is 513 g/mol. The highest BCUT2D eigenvalue weighted by Gasteiger charge is 2.17. The summed E-state index contributed by atoms with van der Waals surface area (Å²) in [5, 5.41) is 7.54. The van der Waals surface area contributed by atoms with Gasteiger partial charge >= 0.3 is 0 Å². The fourth-order valence-corrected chi connectivity index (χ4v) is 6.03. The fraction of sp³-hybridized carbons (Fsp3) is 0.0263. The number of imidazole rings is 1. The maximum Gasteiger partial charge on any atom is 0.145 e. The second kappa shape index (κ2) is 9.52. The first-order valence-corrected chi connectivity index (χ1v) is 13.6. The summed E-state index contributed by atoms with van der Waals surface area (Å²) in [7, 11) is 0. The topological polar surface area (TPSA) is 17.8 Å². The van der Waals surface area contributed by atoms with Crippen molar-refractivity contribution in [2.45, 2.75) is 6.92 Å². The predicted octanol–water partition coefficient (Wildman–Crippen LogP) is 10.3. The number of benzene rings is 6. The molecule has 0 aliphatic heterocycles. The summed E-state index contributed by atoms with van der Waals surface area (Å²) in [5.41, 5.74) is 7.68. The Morgan fingerprint density at radius 2 is 1.15 bits per heavy atom. The molecule has 7 rings (SSSR count). The number of rotatable bonds is 5. The summed E-state index contributed by atoms with van der Waals surface area (Å²) in [6, 6.07) is 41.2. The van der Waals surface area contributed by atoms with Crippen LogP contribution in [0.25, 0.3) is 72.7 Å². The van der Waals surface area contributed by atoms with Crippen molar-refractivity contribution in [2.75, 3.05) is 0 Å². The molecular formula is C38H28N2. The number of hydrogen-bond acceptors (Lipinski definition) is 1. The van der Waals surface area contributed by atoms with Gasteiger partial charge < -0.3 is 0 Å². The van der Waals surface area contributed by atoms with E-state index in [1.807, 2.05) is 24.3 Å². The van der Waals surface area contributed by atoms with Crippen molar-refractivity contribution >= 4 is 44.5 Å². The summed E-state index contributed by atoms with van der Waals surface area (Å²) < 4.78 is 2.16. The first kappa shape index (κ1) is 23.9. The summed E-state index contributed by atoms with van der Waals surface area (Å²) in [6.07, 6.45) is 3.65. The lowest BCUT2D eigenvalue weighted by molar-refractivity contribution is 1.05. The van der Waals surface area contributed by atoms with Crippen molar-refractivity contribution in [3.63, 3.8) is 0 Å². The van der Waals surface area contributed by atoms with Gasteiger partial charge in [-0.25, -0.2) is 4.98 Å². The van der Waals surface area contributed by atoms with Crippen LogP contribution in [0.4, 0.5) is 0 Å². The van der Waals surface area contributed by atoms with Crippen LogP contribution in [-0.4, -0.2) is 9.55 Å². The van der Waals surface area contributed by atoms with Gasteiger partial charge in [0.05, 0.1) is 11.4 Å². The van der Waals surface area contributed by atoms with Crippen LogP contribution in [0.15, 0.2) is 128 Å². The van der Waals surface area contributed by atoms with Crippen LogP contribution < -0.4 is 0 Å². The summed E-state index contributed by atoms with van der Waals surface area (Å²) in [4.78, 5) is 4.97. The normalized spacial score (nSPS) is 11.3. The molecule has 0 aliphatic rings. The van der Waals surface area contributed by atoms with Crippen molar-refractivity contribution < 1.29 is 0 Å². The third-order valence-electron chi connectivity index (χ3n) is 7.93. The monoisotopic (exact) mass is 512 g/mol. The van der Waals surface area contributed by atoms with Gasteiger partial charge in [0, 0.05) is 11.3 Å². The summed E-state index contributed by atoms with van der Waals surface area (Å²) in [6.45, 7) is 10.3. The number of hydrogen-bond donors (Lipinski definition) is 0. The minimum atomic E-state index is 0.822. The third kappa shape index (κ3) is 3.69. The molecule has 0 atom stereocenters. The maximum absolute atomic E-state index is 4.97.